The normalized spacial score (nSPS) is 27.3. The van der Waals surface area contributed by atoms with Crippen LogP contribution in [-0.2, 0) is 34.0 Å². The molecule has 0 aromatic rings. The minimum absolute atomic E-state index is 0.224. The zero-order chi connectivity index (χ0) is 14.0. The Balaban J connectivity index is 2.47. The molecule has 0 bridgehead atoms. The van der Waals surface area contributed by atoms with E-state index in [1.54, 1.807) is 19.6 Å². The number of hydrogen-bond donors (Lipinski definition) is 0. The molecule has 3 atom stereocenters. The van der Waals surface area contributed by atoms with Crippen molar-refractivity contribution in [3.05, 3.63) is 0 Å². The highest BCUT2D eigenvalue weighted by Gasteiger charge is 2.33. The summed E-state index contributed by atoms with van der Waals surface area (Å²) in [6.07, 6.45) is -0.00480. The average molecular weight is 317 g/mol. The van der Waals surface area contributed by atoms with Gasteiger partial charge in [-0.2, -0.15) is 8.42 Å². The molecule has 1 saturated carbocycles. The Hall–Kier alpha value is 0.157. The van der Waals surface area contributed by atoms with Gasteiger partial charge in [0.15, 0.2) is 0 Å². The molecule has 18 heavy (non-hydrogen) atoms. The van der Waals surface area contributed by atoms with Gasteiger partial charge >= 0.3 is 10.4 Å². The minimum atomic E-state index is -4.02. The average Bonchev–Trinajstić information content (AvgIpc) is 2.44. The molecule has 0 saturated heterocycles. The van der Waals surface area contributed by atoms with E-state index in [-0.39, 0.29) is 6.42 Å². The predicted molar refractivity (Wildman–Crippen MR) is 65.9 cm³/mol. The topological polar surface area (TPSA) is 102 Å². The lowest BCUT2D eigenvalue weighted by Crippen LogP contribution is -2.32. The minimum Gasteiger partial charge on any atom is -0.750 e. The highest BCUT2D eigenvalue weighted by molar-refractivity contribution is 7.83. The maximum atomic E-state index is 11.6. The molecule has 7 nitrogen and oxygen atoms in total. The lowest BCUT2D eigenvalue weighted by atomic mass is 10.3. The molecule has 0 radical (unpaired) electrons. The van der Waals surface area contributed by atoms with E-state index in [2.05, 4.69) is 4.18 Å². The first-order chi connectivity index (χ1) is 8.07. The Morgan fingerprint density at radius 2 is 1.78 bits per heavy atom. The number of rotatable bonds is 6. The van der Waals surface area contributed by atoms with E-state index >= 15 is 0 Å². The van der Waals surface area contributed by atoms with Gasteiger partial charge in [-0.05, 0) is 32.5 Å². The van der Waals surface area contributed by atoms with Gasteiger partial charge in [-0.15, -0.1) is 0 Å². The zero-order valence-electron chi connectivity index (χ0n) is 10.5. The third kappa shape index (κ3) is 6.36. The lowest BCUT2D eigenvalue weighted by molar-refractivity contribution is 0.159. The van der Waals surface area contributed by atoms with Crippen molar-refractivity contribution in [2.45, 2.75) is 51.1 Å². The fraction of sp³-hybridized carbons (Fsp3) is 1.00. The quantitative estimate of drug-likeness (QED) is 0.528. The Kier molecular flexibility index (Phi) is 5.47. The van der Waals surface area contributed by atoms with E-state index < -0.39 is 42.3 Å². The smallest absolute Gasteiger partial charge is 0.390 e. The molecule has 0 spiro atoms. The van der Waals surface area contributed by atoms with Gasteiger partial charge in [0, 0.05) is 6.42 Å². The first-order valence-electron chi connectivity index (χ1n) is 5.48. The maximum Gasteiger partial charge on any atom is 0.390 e. The van der Waals surface area contributed by atoms with E-state index in [4.69, 9.17) is 8.06 Å². The SMILES string of the molecule is C[Si](C)(C)OS(=O)(=O)OC1CCC(OS(=O)[O-])C1. The molecule has 0 aliphatic heterocycles. The zero-order valence-corrected chi connectivity index (χ0v) is 13.1. The second kappa shape index (κ2) is 6.07. The van der Waals surface area contributed by atoms with Crippen LogP contribution in [0, 0.1) is 0 Å². The molecule has 0 aromatic heterocycles. The van der Waals surface area contributed by atoms with Crippen molar-refractivity contribution in [1.29, 1.82) is 0 Å². The summed E-state index contributed by atoms with van der Waals surface area (Å²) in [5.74, 6) is 0. The molecule has 0 N–H and O–H groups in total. The van der Waals surface area contributed by atoms with Crippen molar-refractivity contribution in [3.63, 3.8) is 0 Å². The summed E-state index contributed by atoms with van der Waals surface area (Å²) in [7, 11) is -6.27. The third-order valence-corrected chi connectivity index (χ3v) is 5.91. The van der Waals surface area contributed by atoms with Gasteiger partial charge in [0.25, 0.3) is 0 Å². The van der Waals surface area contributed by atoms with Crippen molar-refractivity contribution in [3.8, 4) is 0 Å². The predicted octanol–water partition coefficient (Wildman–Crippen LogP) is 0.831. The number of hydrogen-bond acceptors (Lipinski definition) is 7. The summed E-state index contributed by atoms with van der Waals surface area (Å²) in [6.45, 7) is 5.19. The van der Waals surface area contributed by atoms with E-state index in [1.807, 2.05) is 0 Å². The van der Waals surface area contributed by atoms with Crippen LogP contribution in [0.4, 0.5) is 0 Å². The molecule has 1 aliphatic rings. The van der Waals surface area contributed by atoms with Crippen LogP contribution in [-0.4, -0.2) is 37.7 Å². The first-order valence-corrected chi connectivity index (χ1v) is 11.2. The Bertz CT molecular complexity index is 402. The molecule has 1 rings (SSSR count). The van der Waals surface area contributed by atoms with Gasteiger partial charge in [-0.1, -0.05) is 0 Å². The molecule has 1 fully saturated rings. The van der Waals surface area contributed by atoms with Crippen LogP contribution in [0.25, 0.3) is 0 Å². The van der Waals surface area contributed by atoms with E-state index in [0.717, 1.165) is 0 Å². The Morgan fingerprint density at radius 3 is 2.28 bits per heavy atom. The van der Waals surface area contributed by atoms with Crippen molar-refractivity contribution in [2.75, 3.05) is 0 Å². The summed E-state index contributed by atoms with van der Waals surface area (Å²) < 4.78 is 58.2. The van der Waals surface area contributed by atoms with Crippen LogP contribution in [0.5, 0.6) is 0 Å². The standard InChI is InChI=1S/C8H18O7S2Si/c1-18(2,3)15-17(11,12)14-8-5-4-7(6-8)13-16(9)10/h7-8H,4-6H2,1-3H3,(H,9,10)/p-1. The van der Waals surface area contributed by atoms with E-state index in [9.17, 15) is 17.2 Å². The molecule has 0 aromatic carbocycles. The van der Waals surface area contributed by atoms with Crippen molar-refractivity contribution in [1.82, 2.24) is 0 Å². The van der Waals surface area contributed by atoms with E-state index in [0.29, 0.717) is 12.8 Å². The van der Waals surface area contributed by atoms with Gasteiger partial charge in [0.05, 0.1) is 23.6 Å². The fourth-order valence-corrected chi connectivity index (χ4v) is 5.19. The third-order valence-electron chi connectivity index (χ3n) is 2.16. The Morgan fingerprint density at radius 1 is 1.22 bits per heavy atom. The fourth-order valence-electron chi connectivity index (χ4n) is 1.68. The first kappa shape index (κ1) is 16.2. The van der Waals surface area contributed by atoms with Gasteiger partial charge in [0.1, 0.15) is 0 Å². The molecular formula is C8H17O7S2Si-. The van der Waals surface area contributed by atoms with Crippen LogP contribution in [0.3, 0.4) is 0 Å². The highest BCUT2D eigenvalue weighted by Crippen LogP contribution is 2.27. The van der Waals surface area contributed by atoms with Gasteiger partial charge in [-0.3, -0.25) is 8.06 Å². The summed E-state index contributed by atoms with van der Waals surface area (Å²) in [6, 6.07) is 0. The molecule has 108 valence electrons. The Labute approximate surface area is 111 Å². The van der Waals surface area contributed by atoms with Gasteiger partial charge in [-0.25, -0.2) is 8.39 Å². The maximum absolute atomic E-state index is 11.6. The summed E-state index contributed by atoms with van der Waals surface area (Å²) in [5, 5.41) is 0. The van der Waals surface area contributed by atoms with Crippen LogP contribution in [0.15, 0.2) is 0 Å². The molecule has 0 heterocycles. The van der Waals surface area contributed by atoms with Crippen LogP contribution >= 0.6 is 0 Å². The molecule has 0 amide bonds. The largest absolute Gasteiger partial charge is 0.750 e. The van der Waals surface area contributed by atoms with Crippen molar-refractivity contribution >= 4 is 30.1 Å². The van der Waals surface area contributed by atoms with Crippen molar-refractivity contribution < 1.29 is 29.4 Å². The molecule has 10 heteroatoms. The summed E-state index contributed by atoms with van der Waals surface area (Å²) >= 11 is -2.59. The van der Waals surface area contributed by atoms with Gasteiger partial charge in [0.2, 0.25) is 8.32 Å². The van der Waals surface area contributed by atoms with Crippen molar-refractivity contribution in [2.24, 2.45) is 0 Å². The van der Waals surface area contributed by atoms with E-state index in [1.165, 1.54) is 0 Å². The van der Waals surface area contributed by atoms with Crippen LogP contribution < -0.4 is 0 Å². The van der Waals surface area contributed by atoms with Crippen LogP contribution in [0.1, 0.15) is 19.3 Å². The highest BCUT2D eigenvalue weighted by atomic mass is 32.3. The second-order valence-electron chi connectivity index (χ2n) is 5.06. The molecular weight excluding hydrogens is 300 g/mol. The lowest BCUT2D eigenvalue weighted by Gasteiger charge is -2.18. The molecule has 1 aliphatic carbocycles. The monoisotopic (exact) mass is 317 g/mol. The van der Waals surface area contributed by atoms with Crippen LogP contribution in [0.2, 0.25) is 19.6 Å². The summed E-state index contributed by atoms with van der Waals surface area (Å²) in [4.78, 5) is 0. The second-order valence-corrected chi connectivity index (χ2v) is 11.6. The van der Waals surface area contributed by atoms with Gasteiger partial charge < -0.3 is 4.55 Å². The molecule has 3 unspecified atom stereocenters. The summed E-state index contributed by atoms with van der Waals surface area (Å²) in [5.41, 5.74) is 0.